The number of hydrogen-bond acceptors (Lipinski definition) is 3. The quantitative estimate of drug-likeness (QED) is 0.598. The van der Waals surface area contributed by atoms with Crippen LogP contribution in [0.2, 0.25) is 0 Å². The highest BCUT2D eigenvalue weighted by Gasteiger charge is 2.30. The third kappa shape index (κ3) is 5.14. The molecule has 0 fully saturated rings. The van der Waals surface area contributed by atoms with Crippen molar-refractivity contribution in [2.75, 3.05) is 20.3 Å². The van der Waals surface area contributed by atoms with Crippen molar-refractivity contribution in [1.82, 2.24) is 5.32 Å². The average molecular weight is 217 g/mol. The monoisotopic (exact) mass is 217 g/mol. The van der Waals surface area contributed by atoms with Crippen molar-refractivity contribution in [3.63, 3.8) is 0 Å². The number of rotatable bonds is 8. The molecule has 4 nitrogen and oxygen atoms in total. The number of aliphatic hydroxyl groups excluding tert-OH is 1. The SMILES string of the molecule is CCC(C)(OC)C(=O)NCCCCCO. The number of aliphatic hydroxyl groups is 1. The zero-order valence-electron chi connectivity index (χ0n) is 10.0. The van der Waals surface area contributed by atoms with Gasteiger partial charge in [-0.1, -0.05) is 6.92 Å². The van der Waals surface area contributed by atoms with Crippen LogP contribution in [0.3, 0.4) is 0 Å². The second kappa shape index (κ2) is 7.65. The molecular weight excluding hydrogens is 194 g/mol. The van der Waals surface area contributed by atoms with E-state index in [9.17, 15) is 4.79 Å². The van der Waals surface area contributed by atoms with Crippen molar-refractivity contribution >= 4 is 5.91 Å². The molecular formula is C11H23NO3. The molecule has 0 rings (SSSR count). The van der Waals surface area contributed by atoms with E-state index >= 15 is 0 Å². The highest BCUT2D eigenvalue weighted by Crippen LogP contribution is 2.13. The highest BCUT2D eigenvalue weighted by molar-refractivity contribution is 5.84. The lowest BCUT2D eigenvalue weighted by Crippen LogP contribution is -2.45. The van der Waals surface area contributed by atoms with Crippen molar-refractivity contribution in [3.8, 4) is 0 Å². The van der Waals surface area contributed by atoms with Crippen LogP contribution in [0.4, 0.5) is 0 Å². The Balaban J connectivity index is 3.73. The van der Waals surface area contributed by atoms with Crippen LogP contribution in [0.5, 0.6) is 0 Å². The van der Waals surface area contributed by atoms with Crippen LogP contribution in [0, 0.1) is 0 Å². The number of methoxy groups -OCH3 is 1. The van der Waals surface area contributed by atoms with Crippen LogP contribution in [-0.2, 0) is 9.53 Å². The smallest absolute Gasteiger partial charge is 0.251 e. The average Bonchev–Trinajstić information content (AvgIpc) is 2.27. The van der Waals surface area contributed by atoms with Crippen molar-refractivity contribution < 1.29 is 14.6 Å². The van der Waals surface area contributed by atoms with Crippen LogP contribution in [0.15, 0.2) is 0 Å². The first kappa shape index (κ1) is 14.4. The molecule has 4 heteroatoms. The Labute approximate surface area is 92.0 Å². The molecule has 15 heavy (non-hydrogen) atoms. The number of nitrogens with one attached hydrogen (secondary N) is 1. The lowest BCUT2D eigenvalue weighted by Gasteiger charge is -2.25. The van der Waals surface area contributed by atoms with E-state index in [0.29, 0.717) is 13.0 Å². The minimum absolute atomic E-state index is 0.0588. The number of hydrogen-bond donors (Lipinski definition) is 2. The molecule has 0 aliphatic heterocycles. The molecule has 0 bridgehead atoms. The Morgan fingerprint density at radius 1 is 1.40 bits per heavy atom. The maximum Gasteiger partial charge on any atom is 0.251 e. The zero-order chi connectivity index (χ0) is 11.7. The summed E-state index contributed by atoms with van der Waals surface area (Å²) in [7, 11) is 1.55. The van der Waals surface area contributed by atoms with E-state index in [0.717, 1.165) is 19.3 Å². The minimum atomic E-state index is -0.711. The van der Waals surface area contributed by atoms with Crippen LogP contribution < -0.4 is 5.32 Å². The number of ether oxygens (including phenoxy) is 1. The van der Waals surface area contributed by atoms with Gasteiger partial charge < -0.3 is 15.2 Å². The van der Waals surface area contributed by atoms with Gasteiger partial charge in [-0.2, -0.15) is 0 Å². The summed E-state index contributed by atoms with van der Waals surface area (Å²) >= 11 is 0. The van der Waals surface area contributed by atoms with Gasteiger partial charge in [-0.25, -0.2) is 0 Å². The molecule has 2 N–H and O–H groups in total. The summed E-state index contributed by atoms with van der Waals surface area (Å²) in [4.78, 5) is 11.7. The topological polar surface area (TPSA) is 58.6 Å². The summed E-state index contributed by atoms with van der Waals surface area (Å²) in [6.07, 6.45) is 3.29. The second-order valence-electron chi connectivity index (χ2n) is 3.83. The largest absolute Gasteiger partial charge is 0.396 e. The van der Waals surface area contributed by atoms with Crippen molar-refractivity contribution in [3.05, 3.63) is 0 Å². The van der Waals surface area contributed by atoms with Crippen LogP contribution in [0.25, 0.3) is 0 Å². The Kier molecular flexibility index (Phi) is 7.34. The number of amides is 1. The summed E-state index contributed by atoms with van der Waals surface area (Å²) in [5, 5.41) is 11.4. The van der Waals surface area contributed by atoms with Crippen LogP contribution in [-0.4, -0.2) is 36.9 Å². The van der Waals surface area contributed by atoms with Gasteiger partial charge in [-0.05, 0) is 32.6 Å². The molecule has 1 amide bonds. The predicted octanol–water partition coefficient (Wildman–Crippen LogP) is 1.08. The highest BCUT2D eigenvalue weighted by atomic mass is 16.5. The lowest BCUT2D eigenvalue weighted by atomic mass is 10.0. The molecule has 0 saturated heterocycles. The number of unbranched alkanes of at least 4 members (excludes halogenated alkanes) is 2. The summed E-state index contributed by atoms with van der Waals surface area (Å²) in [6.45, 7) is 4.58. The van der Waals surface area contributed by atoms with E-state index in [1.54, 1.807) is 14.0 Å². The van der Waals surface area contributed by atoms with Gasteiger partial charge in [0.25, 0.3) is 5.91 Å². The van der Waals surface area contributed by atoms with Gasteiger partial charge in [0.2, 0.25) is 0 Å². The van der Waals surface area contributed by atoms with E-state index in [4.69, 9.17) is 9.84 Å². The fraction of sp³-hybridized carbons (Fsp3) is 0.909. The van der Waals surface area contributed by atoms with E-state index < -0.39 is 5.60 Å². The Morgan fingerprint density at radius 2 is 2.07 bits per heavy atom. The van der Waals surface area contributed by atoms with Gasteiger partial charge in [-0.15, -0.1) is 0 Å². The van der Waals surface area contributed by atoms with Crippen LogP contribution >= 0.6 is 0 Å². The third-order valence-electron chi connectivity index (χ3n) is 2.73. The molecule has 0 saturated carbocycles. The molecule has 0 radical (unpaired) electrons. The summed E-state index contributed by atoms with van der Waals surface area (Å²) < 4.78 is 5.17. The first-order valence-electron chi connectivity index (χ1n) is 5.55. The molecule has 0 spiro atoms. The number of carbonyl (C=O) groups is 1. The van der Waals surface area contributed by atoms with Crippen molar-refractivity contribution in [2.45, 2.75) is 45.1 Å². The van der Waals surface area contributed by atoms with Gasteiger partial charge in [0.05, 0.1) is 0 Å². The molecule has 0 aliphatic carbocycles. The minimum Gasteiger partial charge on any atom is -0.396 e. The standard InChI is InChI=1S/C11H23NO3/c1-4-11(2,15-3)10(14)12-8-6-5-7-9-13/h13H,4-9H2,1-3H3,(H,12,14). The molecule has 0 aliphatic rings. The molecule has 0 aromatic rings. The Morgan fingerprint density at radius 3 is 2.53 bits per heavy atom. The van der Waals surface area contributed by atoms with E-state index in [2.05, 4.69) is 5.32 Å². The van der Waals surface area contributed by atoms with E-state index in [1.165, 1.54) is 0 Å². The van der Waals surface area contributed by atoms with E-state index in [1.807, 2.05) is 6.92 Å². The summed E-state index contributed by atoms with van der Waals surface area (Å²) in [5.74, 6) is -0.0588. The fourth-order valence-corrected chi connectivity index (χ4v) is 1.20. The molecule has 1 unspecified atom stereocenters. The molecule has 0 aromatic heterocycles. The fourth-order valence-electron chi connectivity index (χ4n) is 1.20. The zero-order valence-corrected chi connectivity index (χ0v) is 10.0. The van der Waals surface area contributed by atoms with Crippen molar-refractivity contribution in [1.29, 1.82) is 0 Å². The summed E-state index contributed by atoms with van der Waals surface area (Å²) in [6, 6.07) is 0. The lowest BCUT2D eigenvalue weighted by molar-refractivity contribution is -0.141. The molecule has 0 heterocycles. The van der Waals surface area contributed by atoms with E-state index in [-0.39, 0.29) is 12.5 Å². The second-order valence-corrected chi connectivity index (χ2v) is 3.83. The summed E-state index contributed by atoms with van der Waals surface area (Å²) in [5.41, 5.74) is -0.711. The van der Waals surface area contributed by atoms with Gasteiger partial charge >= 0.3 is 0 Å². The molecule has 1 atom stereocenters. The van der Waals surface area contributed by atoms with Gasteiger partial charge in [0.15, 0.2) is 0 Å². The van der Waals surface area contributed by atoms with Crippen molar-refractivity contribution in [2.24, 2.45) is 0 Å². The maximum atomic E-state index is 11.7. The normalized spacial score (nSPS) is 14.7. The third-order valence-corrected chi connectivity index (χ3v) is 2.73. The Hall–Kier alpha value is -0.610. The van der Waals surface area contributed by atoms with Gasteiger partial charge in [0, 0.05) is 20.3 Å². The maximum absolute atomic E-state index is 11.7. The predicted molar refractivity (Wildman–Crippen MR) is 59.7 cm³/mol. The first-order valence-corrected chi connectivity index (χ1v) is 5.55. The number of carbonyl (C=O) groups excluding carboxylic acids is 1. The molecule has 0 aromatic carbocycles. The van der Waals surface area contributed by atoms with Gasteiger partial charge in [-0.3, -0.25) is 4.79 Å². The first-order chi connectivity index (χ1) is 7.10. The molecule has 90 valence electrons. The Bertz CT molecular complexity index is 179. The van der Waals surface area contributed by atoms with Gasteiger partial charge in [0.1, 0.15) is 5.60 Å². The van der Waals surface area contributed by atoms with Crippen LogP contribution in [0.1, 0.15) is 39.5 Å².